The van der Waals surface area contributed by atoms with Crippen molar-refractivity contribution in [1.29, 1.82) is 0 Å². The Morgan fingerprint density at radius 3 is 2.85 bits per heavy atom. The number of carbonyl (C=O) groups is 2. The van der Waals surface area contributed by atoms with E-state index in [4.69, 9.17) is 9.94 Å². The molecule has 0 saturated carbocycles. The summed E-state index contributed by atoms with van der Waals surface area (Å²) in [5.74, 6) is -0.533. The van der Waals surface area contributed by atoms with Crippen LogP contribution >= 0.6 is 0 Å². The fraction of sp³-hybridized carbons (Fsp3) is 0.786. The number of nitrogens with zero attached hydrogens (tertiary/aromatic N) is 2. The van der Waals surface area contributed by atoms with Crippen molar-refractivity contribution in [2.45, 2.75) is 51.6 Å². The molecule has 2 unspecified atom stereocenters. The van der Waals surface area contributed by atoms with E-state index in [0.29, 0.717) is 5.92 Å². The molecule has 112 valence electrons. The first-order valence-corrected chi connectivity index (χ1v) is 7.36. The summed E-state index contributed by atoms with van der Waals surface area (Å²) in [6, 6.07) is 0. The number of hydrogen-bond donors (Lipinski definition) is 1. The summed E-state index contributed by atoms with van der Waals surface area (Å²) in [6.45, 7) is 3.66. The Morgan fingerprint density at radius 1 is 1.40 bits per heavy atom. The maximum atomic E-state index is 12.3. The van der Waals surface area contributed by atoms with Gasteiger partial charge in [0, 0.05) is 19.5 Å². The second kappa shape index (κ2) is 6.72. The molecule has 2 aliphatic rings. The molecule has 2 heterocycles. The molecule has 1 amide bonds. The lowest BCUT2D eigenvalue weighted by Gasteiger charge is -2.22. The number of carboxylic acids is 1. The van der Waals surface area contributed by atoms with Crippen LogP contribution in [0.4, 0.5) is 0 Å². The molecular formula is C14H22N2O4. The Kier molecular flexibility index (Phi) is 4.98. The van der Waals surface area contributed by atoms with Gasteiger partial charge in [-0.2, -0.15) is 0 Å². The molecule has 0 aromatic rings. The van der Waals surface area contributed by atoms with Crippen molar-refractivity contribution in [3.05, 3.63) is 0 Å². The third-order valence-corrected chi connectivity index (χ3v) is 4.05. The molecule has 1 N–H and O–H groups in total. The first-order chi connectivity index (χ1) is 9.61. The van der Waals surface area contributed by atoms with E-state index in [0.717, 1.165) is 25.9 Å². The zero-order valence-electron chi connectivity index (χ0n) is 11.9. The van der Waals surface area contributed by atoms with Gasteiger partial charge in [-0.1, -0.05) is 24.9 Å². The van der Waals surface area contributed by atoms with Crippen molar-refractivity contribution >= 4 is 17.6 Å². The highest BCUT2D eigenvalue weighted by Gasteiger charge is 2.35. The maximum Gasteiger partial charge on any atom is 0.353 e. The van der Waals surface area contributed by atoms with Crippen molar-refractivity contribution in [3.63, 3.8) is 0 Å². The monoisotopic (exact) mass is 282 g/mol. The average molecular weight is 282 g/mol. The van der Waals surface area contributed by atoms with E-state index < -0.39 is 12.1 Å². The van der Waals surface area contributed by atoms with Crippen LogP contribution in [0.3, 0.4) is 0 Å². The third-order valence-electron chi connectivity index (χ3n) is 4.05. The Bertz CT molecular complexity index is 408. The number of rotatable bonds is 4. The van der Waals surface area contributed by atoms with E-state index >= 15 is 0 Å². The summed E-state index contributed by atoms with van der Waals surface area (Å²) in [7, 11) is 0. The standard InChI is InChI=1S/C14H22N2O4/c1-2-4-10-5-3-7-16(8-6-10)13(17)12-9-11(14(18)19)15-20-12/h10,12H,2-9H2,1H3,(H,18,19). The van der Waals surface area contributed by atoms with Gasteiger partial charge in [0.25, 0.3) is 5.91 Å². The second-order valence-electron chi connectivity index (χ2n) is 5.55. The molecule has 0 aliphatic carbocycles. The molecule has 6 heteroatoms. The van der Waals surface area contributed by atoms with E-state index in [-0.39, 0.29) is 18.0 Å². The molecule has 0 spiro atoms. The normalized spacial score (nSPS) is 26.6. The highest BCUT2D eigenvalue weighted by Crippen LogP contribution is 2.23. The largest absolute Gasteiger partial charge is 0.477 e. The van der Waals surface area contributed by atoms with Crippen LogP contribution in [0.15, 0.2) is 5.16 Å². The van der Waals surface area contributed by atoms with Crippen LogP contribution in [-0.4, -0.2) is 46.8 Å². The van der Waals surface area contributed by atoms with Gasteiger partial charge in [0.1, 0.15) is 0 Å². The van der Waals surface area contributed by atoms with E-state index in [9.17, 15) is 9.59 Å². The molecule has 0 bridgehead atoms. The topological polar surface area (TPSA) is 79.2 Å². The van der Waals surface area contributed by atoms with Crippen molar-refractivity contribution in [2.75, 3.05) is 13.1 Å². The highest BCUT2D eigenvalue weighted by molar-refractivity contribution is 6.36. The van der Waals surface area contributed by atoms with Crippen LogP contribution in [0.2, 0.25) is 0 Å². The van der Waals surface area contributed by atoms with Gasteiger partial charge in [-0.15, -0.1) is 0 Å². The summed E-state index contributed by atoms with van der Waals surface area (Å²) in [5.41, 5.74) is -0.0676. The van der Waals surface area contributed by atoms with Gasteiger partial charge in [0.05, 0.1) is 0 Å². The summed E-state index contributed by atoms with van der Waals surface area (Å²) in [4.78, 5) is 29.9. The minimum atomic E-state index is -1.11. The van der Waals surface area contributed by atoms with Gasteiger partial charge >= 0.3 is 5.97 Å². The Balaban J connectivity index is 1.86. The van der Waals surface area contributed by atoms with Gasteiger partial charge in [-0.3, -0.25) is 4.79 Å². The highest BCUT2D eigenvalue weighted by atomic mass is 16.6. The summed E-state index contributed by atoms with van der Waals surface area (Å²) < 4.78 is 0. The number of amides is 1. The Hall–Kier alpha value is -1.59. The average Bonchev–Trinajstić information content (AvgIpc) is 2.80. The second-order valence-corrected chi connectivity index (χ2v) is 5.55. The third kappa shape index (κ3) is 3.49. The van der Waals surface area contributed by atoms with Gasteiger partial charge in [0.15, 0.2) is 5.71 Å². The molecule has 2 rings (SSSR count). The minimum absolute atomic E-state index is 0.0676. The SMILES string of the molecule is CCCC1CCCN(C(=O)C2CC(C(=O)O)=NO2)CC1. The number of carboxylic acid groups (broad SMARTS) is 1. The van der Waals surface area contributed by atoms with E-state index in [1.807, 2.05) is 0 Å². The fourth-order valence-electron chi connectivity index (χ4n) is 2.92. The Labute approximate surface area is 118 Å². The molecule has 0 aromatic heterocycles. The number of aliphatic carboxylic acids is 1. The first kappa shape index (κ1) is 14.8. The maximum absolute atomic E-state index is 12.3. The van der Waals surface area contributed by atoms with E-state index in [1.165, 1.54) is 19.3 Å². The zero-order chi connectivity index (χ0) is 14.5. The molecule has 20 heavy (non-hydrogen) atoms. The predicted molar refractivity (Wildman–Crippen MR) is 73.4 cm³/mol. The molecule has 0 aromatic carbocycles. The summed E-state index contributed by atoms with van der Waals surface area (Å²) in [6.07, 6.45) is 4.93. The fourth-order valence-corrected chi connectivity index (χ4v) is 2.92. The molecule has 0 radical (unpaired) electrons. The van der Waals surface area contributed by atoms with Crippen LogP contribution < -0.4 is 0 Å². The lowest BCUT2D eigenvalue weighted by atomic mass is 9.96. The van der Waals surface area contributed by atoms with E-state index in [2.05, 4.69) is 12.1 Å². The van der Waals surface area contributed by atoms with Crippen molar-refractivity contribution in [1.82, 2.24) is 4.90 Å². The molecule has 6 nitrogen and oxygen atoms in total. The van der Waals surface area contributed by atoms with Gasteiger partial charge in [-0.25, -0.2) is 4.79 Å². The number of hydrogen-bond acceptors (Lipinski definition) is 4. The molecule has 1 saturated heterocycles. The van der Waals surface area contributed by atoms with Crippen LogP contribution in [0.25, 0.3) is 0 Å². The molecule has 1 fully saturated rings. The summed E-state index contributed by atoms with van der Waals surface area (Å²) in [5, 5.41) is 12.3. The first-order valence-electron chi connectivity index (χ1n) is 7.36. The van der Waals surface area contributed by atoms with Gasteiger partial charge < -0.3 is 14.8 Å². The number of oxime groups is 1. The van der Waals surface area contributed by atoms with Gasteiger partial charge in [0.2, 0.25) is 6.10 Å². The summed E-state index contributed by atoms with van der Waals surface area (Å²) >= 11 is 0. The quantitative estimate of drug-likeness (QED) is 0.850. The van der Waals surface area contributed by atoms with Crippen LogP contribution in [-0.2, 0) is 14.4 Å². The number of likely N-dealkylation sites (tertiary alicyclic amines) is 1. The molecule has 2 aliphatic heterocycles. The molecule has 2 atom stereocenters. The number of carbonyl (C=O) groups excluding carboxylic acids is 1. The minimum Gasteiger partial charge on any atom is -0.477 e. The van der Waals surface area contributed by atoms with Crippen LogP contribution in [0, 0.1) is 5.92 Å². The van der Waals surface area contributed by atoms with Crippen molar-refractivity contribution in [2.24, 2.45) is 11.1 Å². The smallest absolute Gasteiger partial charge is 0.353 e. The predicted octanol–water partition coefficient (Wildman–Crippen LogP) is 1.64. The van der Waals surface area contributed by atoms with Crippen LogP contribution in [0.1, 0.15) is 45.4 Å². The van der Waals surface area contributed by atoms with E-state index in [1.54, 1.807) is 4.90 Å². The molecular weight excluding hydrogens is 260 g/mol. The van der Waals surface area contributed by atoms with Crippen LogP contribution in [0.5, 0.6) is 0 Å². The van der Waals surface area contributed by atoms with Crippen molar-refractivity contribution < 1.29 is 19.5 Å². The lowest BCUT2D eigenvalue weighted by molar-refractivity contribution is -0.142. The zero-order valence-corrected chi connectivity index (χ0v) is 11.9. The van der Waals surface area contributed by atoms with Crippen molar-refractivity contribution in [3.8, 4) is 0 Å². The Morgan fingerprint density at radius 2 is 2.20 bits per heavy atom. The van der Waals surface area contributed by atoms with Gasteiger partial charge in [-0.05, 0) is 25.2 Å². The lowest BCUT2D eigenvalue weighted by Crippen LogP contribution is -2.40.